The van der Waals surface area contributed by atoms with Gasteiger partial charge in [0.1, 0.15) is 11.5 Å². The summed E-state index contributed by atoms with van der Waals surface area (Å²) in [6, 6.07) is 5.37. The molecule has 0 saturated carbocycles. The number of carbonyl (C=O) groups excluding carboxylic acids is 1. The number of methoxy groups -OCH3 is 1. The Labute approximate surface area is 125 Å². The molecule has 1 aromatic rings. The number of Topliss-reactive ketones (excluding diaryl/α,β-unsaturated/α-hetero) is 1. The van der Waals surface area contributed by atoms with Crippen LogP contribution in [0.1, 0.15) is 37.7 Å². The Morgan fingerprint density at radius 2 is 2.30 bits per heavy atom. The number of benzene rings is 1. The summed E-state index contributed by atoms with van der Waals surface area (Å²) in [5.41, 5.74) is 0.856. The molecule has 1 unspecified atom stereocenters. The first-order chi connectivity index (χ1) is 9.69. The molecule has 20 heavy (non-hydrogen) atoms. The highest BCUT2D eigenvalue weighted by Crippen LogP contribution is 2.24. The molecule has 0 aliphatic carbocycles. The van der Waals surface area contributed by atoms with Gasteiger partial charge in [0.25, 0.3) is 0 Å². The summed E-state index contributed by atoms with van der Waals surface area (Å²) < 4.78 is 10.9. The first-order valence-corrected chi connectivity index (χ1v) is 7.52. The molecule has 0 spiro atoms. The lowest BCUT2D eigenvalue weighted by molar-refractivity contribution is -0.119. The molecular formula is C16H21ClO3. The van der Waals surface area contributed by atoms with E-state index < -0.39 is 0 Å². The van der Waals surface area contributed by atoms with Crippen LogP contribution in [0.2, 0.25) is 5.02 Å². The van der Waals surface area contributed by atoms with Crippen LogP contribution < -0.4 is 4.74 Å². The van der Waals surface area contributed by atoms with Gasteiger partial charge in [0, 0.05) is 30.0 Å². The van der Waals surface area contributed by atoms with Gasteiger partial charge in [-0.15, -0.1) is 0 Å². The Morgan fingerprint density at radius 3 is 3.00 bits per heavy atom. The van der Waals surface area contributed by atoms with Gasteiger partial charge in [0.2, 0.25) is 0 Å². The molecule has 0 amide bonds. The number of ether oxygens (including phenoxy) is 2. The molecule has 0 N–H and O–H groups in total. The van der Waals surface area contributed by atoms with Gasteiger partial charge in [-0.2, -0.15) is 0 Å². The minimum Gasteiger partial charge on any atom is -0.496 e. The quantitative estimate of drug-likeness (QED) is 0.801. The molecule has 0 bridgehead atoms. The minimum absolute atomic E-state index is 0.208. The van der Waals surface area contributed by atoms with E-state index in [0.717, 1.165) is 37.2 Å². The second kappa shape index (κ2) is 7.65. The summed E-state index contributed by atoms with van der Waals surface area (Å²) in [5, 5.41) is 0.629. The van der Waals surface area contributed by atoms with Crippen LogP contribution in [-0.4, -0.2) is 25.6 Å². The summed E-state index contributed by atoms with van der Waals surface area (Å²) in [4.78, 5) is 12.1. The van der Waals surface area contributed by atoms with Gasteiger partial charge in [-0.3, -0.25) is 4.79 Å². The van der Waals surface area contributed by atoms with Gasteiger partial charge in [0.15, 0.2) is 0 Å². The van der Waals surface area contributed by atoms with Gasteiger partial charge < -0.3 is 9.47 Å². The third-order valence-corrected chi connectivity index (χ3v) is 3.88. The summed E-state index contributed by atoms with van der Waals surface area (Å²) in [6.45, 7) is 0.834. The zero-order chi connectivity index (χ0) is 14.4. The maximum atomic E-state index is 12.1. The fourth-order valence-electron chi connectivity index (χ4n) is 2.54. The van der Waals surface area contributed by atoms with Crippen molar-refractivity contribution >= 4 is 17.4 Å². The van der Waals surface area contributed by atoms with Crippen molar-refractivity contribution in [3.63, 3.8) is 0 Å². The molecule has 1 aliphatic rings. The van der Waals surface area contributed by atoms with Crippen LogP contribution in [0.4, 0.5) is 0 Å². The zero-order valence-corrected chi connectivity index (χ0v) is 12.6. The van der Waals surface area contributed by atoms with Crippen LogP contribution in [-0.2, 0) is 16.0 Å². The topological polar surface area (TPSA) is 35.5 Å². The number of halogens is 1. The van der Waals surface area contributed by atoms with Crippen molar-refractivity contribution in [3.05, 3.63) is 28.8 Å². The second-order valence-corrected chi connectivity index (χ2v) is 5.64. The Hall–Kier alpha value is -1.06. The van der Waals surface area contributed by atoms with E-state index in [1.54, 1.807) is 25.3 Å². The Morgan fingerprint density at radius 1 is 1.45 bits per heavy atom. The fraction of sp³-hybridized carbons (Fsp3) is 0.562. The van der Waals surface area contributed by atoms with Crippen LogP contribution in [0.3, 0.4) is 0 Å². The predicted molar refractivity (Wildman–Crippen MR) is 79.5 cm³/mol. The summed E-state index contributed by atoms with van der Waals surface area (Å²) >= 11 is 5.97. The van der Waals surface area contributed by atoms with Gasteiger partial charge in [-0.25, -0.2) is 0 Å². The first kappa shape index (κ1) is 15.3. The summed E-state index contributed by atoms with van der Waals surface area (Å²) in [7, 11) is 1.60. The largest absolute Gasteiger partial charge is 0.496 e. The molecule has 2 rings (SSSR count). The van der Waals surface area contributed by atoms with Crippen molar-refractivity contribution in [2.75, 3.05) is 13.7 Å². The highest BCUT2D eigenvalue weighted by atomic mass is 35.5. The predicted octanol–water partition coefficient (Wildman–Crippen LogP) is 3.81. The maximum absolute atomic E-state index is 12.1. The molecular weight excluding hydrogens is 276 g/mol. The molecule has 1 aromatic carbocycles. The number of carbonyl (C=O) groups is 1. The van der Waals surface area contributed by atoms with Gasteiger partial charge in [-0.05, 0) is 43.9 Å². The molecule has 1 heterocycles. The van der Waals surface area contributed by atoms with E-state index in [1.807, 2.05) is 0 Å². The molecule has 4 heteroatoms. The molecule has 1 aliphatic heterocycles. The van der Waals surface area contributed by atoms with Crippen molar-refractivity contribution < 1.29 is 14.3 Å². The van der Waals surface area contributed by atoms with E-state index in [1.165, 1.54) is 6.42 Å². The van der Waals surface area contributed by atoms with E-state index in [9.17, 15) is 4.79 Å². The van der Waals surface area contributed by atoms with Crippen LogP contribution >= 0.6 is 11.6 Å². The number of rotatable bonds is 6. The Balaban J connectivity index is 1.86. The highest BCUT2D eigenvalue weighted by Gasteiger charge is 2.16. The van der Waals surface area contributed by atoms with E-state index in [-0.39, 0.29) is 11.9 Å². The third-order valence-electron chi connectivity index (χ3n) is 3.65. The third kappa shape index (κ3) is 4.50. The zero-order valence-electron chi connectivity index (χ0n) is 11.9. The average Bonchev–Trinajstić information content (AvgIpc) is 2.46. The normalized spacial score (nSPS) is 18.8. The van der Waals surface area contributed by atoms with Crippen molar-refractivity contribution in [2.45, 2.75) is 44.6 Å². The van der Waals surface area contributed by atoms with E-state index in [4.69, 9.17) is 21.1 Å². The van der Waals surface area contributed by atoms with E-state index in [0.29, 0.717) is 17.9 Å². The molecule has 0 aromatic heterocycles. The van der Waals surface area contributed by atoms with Gasteiger partial charge >= 0.3 is 0 Å². The van der Waals surface area contributed by atoms with Crippen LogP contribution in [0, 0.1) is 0 Å². The van der Waals surface area contributed by atoms with Crippen molar-refractivity contribution in [1.29, 1.82) is 0 Å². The Bertz CT molecular complexity index is 453. The molecule has 0 radical (unpaired) electrons. The summed E-state index contributed by atoms with van der Waals surface area (Å²) in [6.07, 6.45) is 5.44. The van der Waals surface area contributed by atoms with Crippen molar-refractivity contribution in [3.8, 4) is 5.75 Å². The van der Waals surface area contributed by atoms with Crippen molar-refractivity contribution in [2.24, 2.45) is 0 Å². The van der Waals surface area contributed by atoms with Crippen molar-refractivity contribution in [1.82, 2.24) is 0 Å². The number of hydrogen-bond acceptors (Lipinski definition) is 3. The van der Waals surface area contributed by atoms with E-state index >= 15 is 0 Å². The lowest BCUT2D eigenvalue weighted by Gasteiger charge is -2.22. The smallest absolute Gasteiger partial charge is 0.137 e. The first-order valence-electron chi connectivity index (χ1n) is 7.15. The molecule has 3 nitrogen and oxygen atoms in total. The minimum atomic E-state index is 0.208. The number of hydrogen-bond donors (Lipinski definition) is 0. The molecule has 1 fully saturated rings. The standard InChI is InChI=1S/C16H21ClO3/c1-19-16-8-5-13(17)10-12(16)11-14(18)6-7-15-4-2-3-9-20-15/h5,8,10,15H,2-4,6-7,9,11H2,1H3. The van der Waals surface area contributed by atoms with Crippen LogP contribution in [0.25, 0.3) is 0 Å². The maximum Gasteiger partial charge on any atom is 0.137 e. The van der Waals surface area contributed by atoms with Crippen LogP contribution in [0.15, 0.2) is 18.2 Å². The lowest BCUT2D eigenvalue weighted by atomic mass is 10.00. The van der Waals surface area contributed by atoms with E-state index in [2.05, 4.69) is 0 Å². The highest BCUT2D eigenvalue weighted by molar-refractivity contribution is 6.30. The fourth-order valence-corrected chi connectivity index (χ4v) is 2.74. The monoisotopic (exact) mass is 296 g/mol. The molecule has 1 atom stereocenters. The van der Waals surface area contributed by atoms with Gasteiger partial charge in [-0.1, -0.05) is 11.6 Å². The lowest BCUT2D eigenvalue weighted by Crippen LogP contribution is -2.20. The van der Waals surface area contributed by atoms with Gasteiger partial charge in [0.05, 0.1) is 13.2 Å². The SMILES string of the molecule is COc1ccc(Cl)cc1CC(=O)CCC1CCCCO1. The Kier molecular flexibility index (Phi) is 5.86. The number of ketones is 1. The second-order valence-electron chi connectivity index (χ2n) is 5.20. The van der Waals surface area contributed by atoms with Crippen LogP contribution in [0.5, 0.6) is 5.75 Å². The average molecular weight is 297 g/mol. The summed E-state index contributed by atoms with van der Waals surface area (Å²) in [5.74, 6) is 0.927. The molecule has 110 valence electrons. The molecule has 1 saturated heterocycles.